The van der Waals surface area contributed by atoms with Crippen molar-refractivity contribution in [1.82, 2.24) is 15.5 Å². The van der Waals surface area contributed by atoms with Crippen LogP contribution < -0.4 is 10.6 Å². The van der Waals surface area contributed by atoms with Gasteiger partial charge in [-0.2, -0.15) is 0 Å². The zero-order chi connectivity index (χ0) is 17.0. The number of halogens is 1. The summed E-state index contributed by atoms with van der Waals surface area (Å²) in [5.41, 5.74) is 0. The molecule has 0 amide bonds. The number of piperidine rings is 1. The van der Waals surface area contributed by atoms with Gasteiger partial charge in [0.2, 0.25) is 0 Å². The minimum atomic E-state index is 0. The normalized spacial score (nSPS) is 21.0. The van der Waals surface area contributed by atoms with Crippen LogP contribution in [-0.4, -0.2) is 63.3 Å². The van der Waals surface area contributed by atoms with Crippen LogP contribution in [0.4, 0.5) is 0 Å². The molecule has 0 atom stereocenters. The highest BCUT2D eigenvalue weighted by atomic mass is 127. The third-order valence-electron chi connectivity index (χ3n) is 5.21. The second-order valence-electron chi connectivity index (χ2n) is 7.38. The highest BCUT2D eigenvalue weighted by molar-refractivity contribution is 14.0. The molecule has 0 spiro atoms. The Kier molecular flexibility index (Phi) is 12.9. The van der Waals surface area contributed by atoms with Crippen molar-refractivity contribution in [3.8, 4) is 0 Å². The van der Waals surface area contributed by atoms with E-state index in [4.69, 9.17) is 9.73 Å². The summed E-state index contributed by atoms with van der Waals surface area (Å²) < 4.78 is 5.98. The first-order chi connectivity index (χ1) is 11.8. The first-order valence-electron chi connectivity index (χ1n) is 10.1. The van der Waals surface area contributed by atoms with Gasteiger partial charge in [0.15, 0.2) is 5.96 Å². The molecule has 0 aromatic carbocycles. The molecule has 2 fully saturated rings. The first kappa shape index (κ1) is 23.0. The maximum absolute atomic E-state index is 5.98. The molecular formula is C19H39IN4O. The Morgan fingerprint density at radius 2 is 1.80 bits per heavy atom. The Bertz CT molecular complexity index is 353. The van der Waals surface area contributed by atoms with E-state index in [1.165, 1.54) is 58.0 Å². The molecule has 1 aliphatic heterocycles. The maximum Gasteiger partial charge on any atom is 0.191 e. The summed E-state index contributed by atoms with van der Waals surface area (Å²) in [6.45, 7) is 8.21. The molecule has 2 rings (SSSR count). The molecule has 6 heteroatoms. The lowest BCUT2D eigenvalue weighted by Gasteiger charge is -2.28. The Balaban J connectivity index is 0.00000312. The van der Waals surface area contributed by atoms with Crippen molar-refractivity contribution in [2.24, 2.45) is 10.9 Å². The van der Waals surface area contributed by atoms with Crippen molar-refractivity contribution in [1.29, 1.82) is 0 Å². The van der Waals surface area contributed by atoms with E-state index in [9.17, 15) is 0 Å². The second-order valence-corrected chi connectivity index (χ2v) is 7.38. The highest BCUT2D eigenvalue weighted by Gasteiger charge is 2.16. The third-order valence-corrected chi connectivity index (χ3v) is 5.21. The molecule has 1 saturated carbocycles. The number of hydrogen-bond donors (Lipinski definition) is 2. The number of hydrogen-bond acceptors (Lipinski definition) is 3. The van der Waals surface area contributed by atoms with Crippen LogP contribution >= 0.6 is 24.0 Å². The van der Waals surface area contributed by atoms with Gasteiger partial charge in [-0.3, -0.25) is 4.99 Å². The van der Waals surface area contributed by atoms with E-state index in [1.807, 2.05) is 0 Å². The van der Waals surface area contributed by atoms with E-state index >= 15 is 0 Å². The summed E-state index contributed by atoms with van der Waals surface area (Å²) >= 11 is 0. The number of ether oxygens (including phenoxy) is 1. The van der Waals surface area contributed by atoms with Crippen molar-refractivity contribution in [3.63, 3.8) is 0 Å². The summed E-state index contributed by atoms with van der Waals surface area (Å²) in [6.07, 6.45) is 10.7. The molecule has 0 radical (unpaired) electrons. The molecular weight excluding hydrogens is 427 g/mol. The smallest absolute Gasteiger partial charge is 0.191 e. The van der Waals surface area contributed by atoms with Crippen LogP contribution in [0.2, 0.25) is 0 Å². The summed E-state index contributed by atoms with van der Waals surface area (Å²) in [5.74, 6) is 1.71. The van der Waals surface area contributed by atoms with Gasteiger partial charge in [-0.15, -0.1) is 24.0 Å². The van der Waals surface area contributed by atoms with E-state index in [0.29, 0.717) is 6.10 Å². The van der Waals surface area contributed by atoms with Crippen molar-refractivity contribution in [3.05, 3.63) is 0 Å². The van der Waals surface area contributed by atoms with Gasteiger partial charge in [-0.25, -0.2) is 0 Å². The standard InChI is InChI=1S/C19H38N4O.HI/c1-3-20-19(22-16-17-10-13-23(2)14-11-17)21-12-7-15-24-18-8-5-4-6-9-18;/h17-18H,3-16H2,1-2H3,(H2,20,21,22);1H. The minimum absolute atomic E-state index is 0. The van der Waals surface area contributed by atoms with Crippen LogP contribution in [0.15, 0.2) is 4.99 Å². The fraction of sp³-hybridized carbons (Fsp3) is 0.947. The van der Waals surface area contributed by atoms with Crippen molar-refractivity contribution >= 4 is 29.9 Å². The van der Waals surface area contributed by atoms with Gasteiger partial charge in [-0.1, -0.05) is 19.3 Å². The van der Waals surface area contributed by atoms with Gasteiger partial charge in [0, 0.05) is 26.2 Å². The Morgan fingerprint density at radius 1 is 1.08 bits per heavy atom. The van der Waals surface area contributed by atoms with Crippen molar-refractivity contribution < 1.29 is 4.74 Å². The lowest BCUT2D eigenvalue weighted by molar-refractivity contribution is 0.0277. The van der Waals surface area contributed by atoms with E-state index in [1.54, 1.807) is 0 Å². The topological polar surface area (TPSA) is 48.9 Å². The van der Waals surface area contributed by atoms with Crippen LogP contribution in [0.3, 0.4) is 0 Å². The Morgan fingerprint density at radius 3 is 2.48 bits per heavy atom. The van der Waals surface area contributed by atoms with Crippen LogP contribution in [0.25, 0.3) is 0 Å². The quantitative estimate of drug-likeness (QED) is 0.250. The average molecular weight is 466 g/mol. The molecule has 0 unspecified atom stereocenters. The predicted molar refractivity (Wildman–Crippen MR) is 117 cm³/mol. The summed E-state index contributed by atoms with van der Waals surface area (Å²) in [5, 5.41) is 6.81. The fourth-order valence-electron chi connectivity index (χ4n) is 3.57. The fourth-order valence-corrected chi connectivity index (χ4v) is 3.57. The average Bonchev–Trinajstić information content (AvgIpc) is 2.61. The number of rotatable bonds is 8. The molecule has 25 heavy (non-hydrogen) atoms. The minimum Gasteiger partial charge on any atom is -0.378 e. The third kappa shape index (κ3) is 9.99. The molecule has 0 aromatic rings. The number of aliphatic imine (C=N–C) groups is 1. The molecule has 2 N–H and O–H groups in total. The summed E-state index contributed by atoms with van der Waals surface area (Å²) in [4.78, 5) is 7.20. The molecule has 0 bridgehead atoms. The zero-order valence-corrected chi connectivity index (χ0v) is 18.6. The van der Waals surface area contributed by atoms with E-state index in [0.717, 1.165) is 44.5 Å². The van der Waals surface area contributed by atoms with Crippen LogP contribution in [0.1, 0.15) is 58.3 Å². The zero-order valence-electron chi connectivity index (χ0n) is 16.3. The number of likely N-dealkylation sites (tertiary alicyclic amines) is 1. The number of nitrogens with zero attached hydrogens (tertiary/aromatic N) is 2. The number of nitrogens with one attached hydrogen (secondary N) is 2. The highest BCUT2D eigenvalue weighted by Crippen LogP contribution is 2.20. The lowest BCUT2D eigenvalue weighted by Crippen LogP contribution is -2.39. The van der Waals surface area contributed by atoms with Gasteiger partial charge in [0.25, 0.3) is 0 Å². The predicted octanol–water partition coefficient (Wildman–Crippen LogP) is 3.24. The summed E-state index contributed by atoms with van der Waals surface area (Å²) in [7, 11) is 2.21. The monoisotopic (exact) mass is 466 g/mol. The van der Waals surface area contributed by atoms with Crippen LogP contribution in [-0.2, 0) is 4.74 Å². The first-order valence-corrected chi connectivity index (χ1v) is 10.1. The van der Waals surface area contributed by atoms with Gasteiger partial charge >= 0.3 is 0 Å². The molecule has 1 heterocycles. The van der Waals surface area contributed by atoms with E-state index < -0.39 is 0 Å². The van der Waals surface area contributed by atoms with E-state index in [-0.39, 0.29) is 24.0 Å². The van der Waals surface area contributed by atoms with Gasteiger partial charge in [0.1, 0.15) is 0 Å². The largest absolute Gasteiger partial charge is 0.378 e. The van der Waals surface area contributed by atoms with Gasteiger partial charge in [-0.05, 0) is 65.1 Å². The molecule has 1 saturated heterocycles. The lowest BCUT2D eigenvalue weighted by atomic mass is 9.97. The molecule has 148 valence electrons. The van der Waals surface area contributed by atoms with Crippen molar-refractivity contribution in [2.75, 3.05) is 46.4 Å². The van der Waals surface area contributed by atoms with Gasteiger partial charge < -0.3 is 20.3 Å². The molecule has 5 nitrogen and oxygen atoms in total. The van der Waals surface area contributed by atoms with Crippen LogP contribution in [0.5, 0.6) is 0 Å². The summed E-state index contributed by atoms with van der Waals surface area (Å²) in [6, 6.07) is 0. The Labute approximate surface area is 171 Å². The number of guanidine groups is 1. The van der Waals surface area contributed by atoms with Crippen molar-refractivity contribution in [2.45, 2.75) is 64.4 Å². The van der Waals surface area contributed by atoms with Gasteiger partial charge in [0.05, 0.1) is 6.10 Å². The molecule has 2 aliphatic rings. The van der Waals surface area contributed by atoms with E-state index in [2.05, 4.69) is 29.5 Å². The maximum atomic E-state index is 5.98. The SMILES string of the molecule is CCNC(=NCC1CCN(C)CC1)NCCCOC1CCCCC1.I. The van der Waals surface area contributed by atoms with Crippen LogP contribution in [0, 0.1) is 5.92 Å². The molecule has 0 aromatic heterocycles. The Hall–Kier alpha value is -0.0800. The second kappa shape index (κ2) is 14.0. The molecule has 1 aliphatic carbocycles.